The Morgan fingerprint density at radius 3 is 2.17 bits per heavy atom. The van der Waals surface area contributed by atoms with E-state index in [1.165, 1.54) is 0 Å². The van der Waals surface area contributed by atoms with Crippen LogP contribution >= 0.6 is 7.75 Å². The largest absolute Gasteiger partial charge is 0.455 e. The van der Waals surface area contributed by atoms with Gasteiger partial charge in [0.1, 0.15) is 6.04 Å². The third-order valence-corrected chi connectivity index (χ3v) is 3.54. The Balaban J connectivity index is 1.99. The number of nitrogens with two attached hydrogens (primary N) is 1. The van der Waals surface area contributed by atoms with E-state index in [2.05, 4.69) is 10.0 Å². The fourth-order valence-electron chi connectivity index (χ4n) is 2.02. The predicted octanol–water partition coefficient (Wildman–Crippen LogP) is 1.92. The van der Waals surface area contributed by atoms with Gasteiger partial charge in [-0.2, -0.15) is 5.48 Å². The molecule has 1 unspecified atom stereocenters. The summed E-state index contributed by atoms with van der Waals surface area (Å²) in [6.45, 7) is 0.221. The van der Waals surface area contributed by atoms with Crippen LogP contribution in [0.3, 0.4) is 0 Å². The summed E-state index contributed by atoms with van der Waals surface area (Å²) in [4.78, 5) is 26.4. The van der Waals surface area contributed by atoms with Crippen molar-refractivity contribution in [2.24, 2.45) is 5.50 Å². The SMILES string of the molecule is NP(=O)(O)OC(=O)[C@H](Cc1ccccc1)NOCc1ccccc1. The number of carbonyl (C=O) groups is 1. The molecule has 0 aromatic heterocycles. The van der Waals surface area contributed by atoms with E-state index in [9.17, 15) is 9.36 Å². The highest BCUT2D eigenvalue weighted by Crippen LogP contribution is 2.31. The molecule has 0 saturated carbocycles. The second-order valence-corrected chi connectivity index (χ2v) is 6.42. The summed E-state index contributed by atoms with van der Waals surface area (Å²) >= 11 is 0. The van der Waals surface area contributed by atoms with E-state index < -0.39 is 19.8 Å². The maximum atomic E-state index is 12.0. The van der Waals surface area contributed by atoms with Crippen molar-refractivity contribution in [3.8, 4) is 0 Å². The van der Waals surface area contributed by atoms with Gasteiger partial charge in [0, 0.05) is 6.42 Å². The minimum absolute atomic E-state index is 0.217. The van der Waals surface area contributed by atoms with Crippen molar-refractivity contribution in [1.29, 1.82) is 0 Å². The van der Waals surface area contributed by atoms with Crippen LogP contribution in [0.2, 0.25) is 0 Å². The van der Waals surface area contributed by atoms with Crippen molar-refractivity contribution < 1.29 is 23.6 Å². The van der Waals surface area contributed by atoms with Crippen LogP contribution in [-0.2, 0) is 31.7 Å². The highest BCUT2D eigenvalue weighted by molar-refractivity contribution is 7.50. The van der Waals surface area contributed by atoms with Gasteiger partial charge < -0.3 is 9.42 Å². The zero-order chi connectivity index (χ0) is 17.4. The Hall–Kier alpha value is -2.02. The summed E-state index contributed by atoms with van der Waals surface area (Å²) in [5.41, 5.74) is 9.20. The highest BCUT2D eigenvalue weighted by atomic mass is 31.2. The maximum Gasteiger partial charge on any atom is 0.455 e. The number of hydrogen-bond donors (Lipinski definition) is 3. The lowest BCUT2D eigenvalue weighted by Crippen LogP contribution is -2.39. The molecule has 0 bridgehead atoms. The average Bonchev–Trinajstić information content (AvgIpc) is 2.54. The van der Waals surface area contributed by atoms with E-state index in [-0.39, 0.29) is 13.0 Å². The van der Waals surface area contributed by atoms with Crippen LogP contribution in [0.4, 0.5) is 0 Å². The van der Waals surface area contributed by atoms with Crippen molar-refractivity contribution in [3.63, 3.8) is 0 Å². The topological polar surface area (TPSA) is 111 Å². The van der Waals surface area contributed by atoms with Gasteiger partial charge in [0.25, 0.3) is 0 Å². The van der Waals surface area contributed by atoms with E-state index in [0.717, 1.165) is 11.1 Å². The van der Waals surface area contributed by atoms with Gasteiger partial charge in [0.15, 0.2) is 0 Å². The summed E-state index contributed by atoms with van der Waals surface area (Å²) in [7, 11) is -4.42. The van der Waals surface area contributed by atoms with Crippen LogP contribution in [-0.4, -0.2) is 16.9 Å². The quantitative estimate of drug-likeness (QED) is 0.493. The summed E-state index contributed by atoms with van der Waals surface area (Å²) in [5.74, 6) is -0.958. The van der Waals surface area contributed by atoms with E-state index in [1.807, 2.05) is 60.7 Å². The predicted molar refractivity (Wildman–Crippen MR) is 88.4 cm³/mol. The normalized spacial score (nSPS) is 14.6. The first-order chi connectivity index (χ1) is 11.4. The van der Waals surface area contributed by atoms with Crippen LogP contribution in [0.5, 0.6) is 0 Å². The molecule has 4 N–H and O–H groups in total. The molecule has 2 rings (SSSR count). The first-order valence-electron chi connectivity index (χ1n) is 7.24. The fraction of sp³-hybridized carbons (Fsp3) is 0.188. The monoisotopic (exact) mass is 350 g/mol. The van der Waals surface area contributed by atoms with Crippen LogP contribution in [0, 0.1) is 0 Å². The number of carbonyl (C=O) groups excluding carboxylic acids is 1. The van der Waals surface area contributed by atoms with Crippen LogP contribution in [0.25, 0.3) is 0 Å². The lowest BCUT2D eigenvalue weighted by Gasteiger charge is -2.18. The lowest BCUT2D eigenvalue weighted by atomic mass is 10.1. The van der Waals surface area contributed by atoms with Gasteiger partial charge >= 0.3 is 13.7 Å². The van der Waals surface area contributed by atoms with E-state index in [0.29, 0.717) is 0 Å². The molecule has 7 nitrogen and oxygen atoms in total. The van der Waals surface area contributed by atoms with E-state index >= 15 is 0 Å². The summed E-state index contributed by atoms with van der Waals surface area (Å²) in [5, 5.41) is 0. The molecule has 24 heavy (non-hydrogen) atoms. The molecule has 2 aromatic carbocycles. The Kier molecular flexibility index (Phi) is 6.66. The number of rotatable bonds is 8. The molecule has 128 valence electrons. The minimum atomic E-state index is -4.42. The molecule has 0 heterocycles. The number of benzene rings is 2. The molecular formula is C16H19N2O5P. The molecule has 0 aliphatic carbocycles. The molecule has 2 atom stereocenters. The zero-order valence-corrected chi connectivity index (χ0v) is 13.8. The molecule has 0 spiro atoms. The summed E-state index contributed by atoms with van der Waals surface area (Å²) in [6.07, 6.45) is 0.217. The van der Waals surface area contributed by atoms with E-state index in [1.54, 1.807) is 0 Å². The number of hydrogen-bond acceptors (Lipinski definition) is 5. The molecule has 8 heteroatoms. The van der Waals surface area contributed by atoms with Crippen molar-refractivity contribution in [2.75, 3.05) is 0 Å². The highest BCUT2D eigenvalue weighted by Gasteiger charge is 2.27. The maximum absolute atomic E-state index is 12.0. The number of hydroxylamine groups is 1. The zero-order valence-electron chi connectivity index (χ0n) is 12.9. The van der Waals surface area contributed by atoms with Gasteiger partial charge in [-0.05, 0) is 11.1 Å². The standard InChI is InChI=1S/C16H19N2O5P/c17-24(20,21)23-16(19)15(11-13-7-3-1-4-8-13)18-22-12-14-9-5-2-6-10-14/h1-10,15,18H,11-12H2,(H3,17,20,21)/t15-/m0/s1. The second kappa shape index (κ2) is 8.73. The van der Waals surface area contributed by atoms with Crippen LogP contribution in [0.15, 0.2) is 60.7 Å². The van der Waals surface area contributed by atoms with Gasteiger partial charge in [0.2, 0.25) is 0 Å². The average molecular weight is 350 g/mol. The summed E-state index contributed by atoms with van der Waals surface area (Å²) in [6, 6.07) is 17.5. The van der Waals surface area contributed by atoms with Crippen molar-refractivity contribution in [2.45, 2.75) is 19.1 Å². The molecule has 0 fully saturated rings. The molecule has 2 aromatic rings. The summed E-state index contributed by atoms with van der Waals surface area (Å²) < 4.78 is 15.5. The van der Waals surface area contributed by atoms with Gasteiger partial charge in [-0.15, -0.1) is 0 Å². The lowest BCUT2D eigenvalue weighted by molar-refractivity contribution is -0.142. The van der Waals surface area contributed by atoms with Crippen molar-refractivity contribution in [1.82, 2.24) is 5.48 Å². The molecule has 0 aliphatic heterocycles. The van der Waals surface area contributed by atoms with Gasteiger partial charge in [-0.25, -0.2) is 14.9 Å². The second-order valence-electron chi connectivity index (χ2n) is 5.11. The fourth-order valence-corrected chi connectivity index (χ4v) is 2.40. The molecule has 0 radical (unpaired) electrons. The molecule has 0 amide bonds. The third-order valence-electron chi connectivity index (χ3n) is 3.10. The van der Waals surface area contributed by atoms with Crippen molar-refractivity contribution in [3.05, 3.63) is 71.8 Å². The van der Waals surface area contributed by atoms with Crippen LogP contribution < -0.4 is 11.0 Å². The first kappa shape index (κ1) is 18.3. The Labute approximate surface area is 139 Å². The first-order valence-corrected chi connectivity index (χ1v) is 8.89. The Bertz CT molecular complexity index is 690. The molecule has 0 saturated heterocycles. The number of nitrogens with one attached hydrogen (secondary N) is 1. The van der Waals surface area contributed by atoms with Crippen LogP contribution in [0.1, 0.15) is 11.1 Å². The van der Waals surface area contributed by atoms with Crippen molar-refractivity contribution >= 4 is 13.7 Å². The van der Waals surface area contributed by atoms with Gasteiger partial charge in [0.05, 0.1) is 6.61 Å². The molecule has 0 aliphatic rings. The minimum Gasteiger partial charge on any atom is -0.379 e. The Morgan fingerprint density at radius 2 is 1.62 bits per heavy atom. The Morgan fingerprint density at radius 1 is 1.08 bits per heavy atom. The molecular weight excluding hydrogens is 331 g/mol. The third kappa shape index (κ3) is 6.62. The smallest absolute Gasteiger partial charge is 0.379 e. The van der Waals surface area contributed by atoms with E-state index in [4.69, 9.17) is 15.2 Å². The van der Waals surface area contributed by atoms with Gasteiger partial charge in [-0.3, -0.25) is 4.84 Å². The van der Waals surface area contributed by atoms with Gasteiger partial charge in [-0.1, -0.05) is 60.7 Å².